The van der Waals surface area contributed by atoms with Crippen molar-refractivity contribution in [3.8, 4) is 0 Å². The maximum Gasteiger partial charge on any atom is 0.567 e. The van der Waals surface area contributed by atoms with Crippen molar-refractivity contribution in [3.63, 3.8) is 0 Å². The van der Waals surface area contributed by atoms with E-state index in [9.17, 15) is 14.4 Å². The Morgan fingerprint density at radius 1 is 0.476 bits per heavy atom. The van der Waals surface area contributed by atoms with Gasteiger partial charge in [0.25, 0.3) is 0 Å². The first-order valence-electron chi connectivity index (χ1n) is 11.6. The quantitative estimate of drug-likeness (QED) is 0.206. The van der Waals surface area contributed by atoms with Crippen LogP contribution in [0.5, 0.6) is 0 Å². The van der Waals surface area contributed by atoms with E-state index in [4.69, 9.17) is 15.3 Å². The number of nitrogens with zero attached hydrogens (tertiary/aromatic N) is 3. The van der Waals surface area contributed by atoms with Gasteiger partial charge in [-0.1, -0.05) is 87.6 Å². The molecule has 0 bridgehead atoms. The smallest absolute Gasteiger partial charge is 0.560 e. The van der Waals surface area contributed by atoms with Crippen LogP contribution in [0.25, 0.3) is 32.7 Å². The van der Waals surface area contributed by atoms with Crippen LogP contribution in [-0.4, -0.2) is 48.2 Å². The summed E-state index contributed by atoms with van der Waals surface area (Å²) in [7, 11) is 0. The number of benzene rings is 3. The zero-order valence-corrected chi connectivity index (χ0v) is 21.6. The summed E-state index contributed by atoms with van der Waals surface area (Å²) < 4.78 is 0. The van der Waals surface area contributed by atoms with Crippen molar-refractivity contribution >= 4 is 50.6 Å². The second-order valence-corrected chi connectivity index (χ2v) is 8.13. The zero-order valence-electron chi connectivity index (χ0n) is 20.7. The number of carbonyl (C=O) groups is 3. The van der Waals surface area contributed by atoms with E-state index in [0.717, 1.165) is 27.2 Å². The monoisotopic (exact) mass is 616 g/mol. The third-order valence-electron chi connectivity index (χ3n) is 5.48. The molecule has 0 atom stereocenters. The van der Waals surface area contributed by atoms with E-state index < -0.39 is 17.9 Å². The predicted molar refractivity (Wildman–Crippen MR) is 162 cm³/mol. The molecule has 3 aromatic carbocycles. The van der Waals surface area contributed by atoms with Crippen molar-refractivity contribution in [3.05, 3.63) is 126 Å². The molecule has 0 saturated heterocycles. The Morgan fingerprint density at radius 2 is 0.762 bits per heavy atom. The molecule has 5 N–H and O–H groups in total. The molecule has 42 heavy (non-hydrogen) atoms. The van der Waals surface area contributed by atoms with Crippen LogP contribution in [0.4, 0.5) is 0 Å². The number of carboxylic acids is 1. The fourth-order valence-corrected chi connectivity index (χ4v) is 3.57. The van der Waals surface area contributed by atoms with Gasteiger partial charge in [-0.05, 0) is 36.4 Å². The van der Waals surface area contributed by atoms with E-state index >= 15 is 0 Å². The summed E-state index contributed by atoms with van der Waals surface area (Å²) in [6.07, 6.45) is 0. The Labute approximate surface area is 253 Å². The normalized spacial score (nSPS) is 9.43. The Hall–Kier alpha value is -5.18. The minimum atomic E-state index is -0.995. The zero-order chi connectivity index (χ0) is 27.8. The minimum Gasteiger partial charge on any atom is -0.560 e. The van der Waals surface area contributed by atoms with E-state index in [0.29, 0.717) is 5.52 Å². The largest absolute Gasteiger partial charge is 0.567 e. The summed E-state index contributed by atoms with van der Waals surface area (Å²) in [6.45, 7) is 0. The predicted octanol–water partition coefficient (Wildman–Crippen LogP) is 5.40. The molecule has 10 heteroatoms. The molecule has 6 rings (SSSR count). The molecular formula is C32H31CuN3O6+2. The molecule has 0 aliphatic heterocycles. The second-order valence-electron chi connectivity index (χ2n) is 8.13. The van der Waals surface area contributed by atoms with Crippen molar-refractivity contribution in [1.82, 2.24) is 15.0 Å². The van der Waals surface area contributed by atoms with Crippen LogP contribution in [0.3, 0.4) is 0 Å². The van der Waals surface area contributed by atoms with Crippen molar-refractivity contribution in [2.75, 3.05) is 0 Å². The molecule has 3 aromatic heterocycles. The van der Waals surface area contributed by atoms with Crippen molar-refractivity contribution < 1.29 is 46.8 Å². The molecule has 0 spiro atoms. The van der Waals surface area contributed by atoms with Gasteiger partial charge in [-0.2, -0.15) is 0 Å². The van der Waals surface area contributed by atoms with Crippen LogP contribution < -0.4 is 0 Å². The molecule has 1 radical (unpaired) electrons. The Bertz CT molecular complexity index is 1620. The standard InChI is InChI=1S/3C10H7NO2.2CH4.Cu/c3*12-10(13)9-6-5-7-3-1-2-4-8(7)11-9;;;/h3*1-6H,(H,12,13);2*1H4;/p+2. The number of aromatic carboxylic acids is 1. The summed E-state index contributed by atoms with van der Waals surface area (Å²) in [6, 6.07) is 32.4. The van der Waals surface area contributed by atoms with Crippen LogP contribution in [0, 0.1) is 0 Å². The number of para-hydroxylation sites is 3. The van der Waals surface area contributed by atoms with Gasteiger partial charge in [0.15, 0.2) is 0 Å². The number of rotatable bonds is 3. The summed E-state index contributed by atoms with van der Waals surface area (Å²) in [5.41, 5.74) is 2.68. The maximum atomic E-state index is 10.7. The average Bonchev–Trinajstić information content (AvgIpc) is 2.97. The molecule has 3 heterocycles. The number of carboxylic acid groups (broad SMARTS) is 1. The van der Waals surface area contributed by atoms with E-state index in [2.05, 4.69) is 15.0 Å². The molecule has 0 aliphatic rings. The molecule has 0 amide bonds. The maximum absolute atomic E-state index is 10.7. The molecule has 0 aliphatic carbocycles. The Balaban J connectivity index is 0.000000304. The number of hydrogen-bond acceptors (Lipinski definition) is 6. The van der Waals surface area contributed by atoms with Crippen LogP contribution >= 0.6 is 0 Å². The van der Waals surface area contributed by atoms with Gasteiger partial charge >= 0.3 is 17.9 Å². The number of carbonyl (C=O) groups excluding carboxylic acids is 2. The molecule has 0 unspecified atom stereocenters. The van der Waals surface area contributed by atoms with Gasteiger partial charge in [0.2, 0.25) is 11.4 Å². The number of fused-ring (bicyclic) bond motifs is 3. The molecule has 9 nitrogen and oxygen atoms in total. The van der Waals surface area contributed by atoms with E-state index in [1.165, 1.54) is 6.07 Å². The van der Waals surface area contributed by atoms with Crippen molar-refractivity contribution in [2.45, 2.75) is 14.9 Å². The van der Waals surface area contributed by atoms with Crippen LogP contribution in [0.15, 0.2) is 109 Å². The van der Waals surface area contributed by atoms with E-state index in [1.54, 1.807) is 36.4 Å². The van der Waals surface area contributed by atoms with Crippen LogP contribution in [0.2, 0.25) is 0 Å². The van der Waals surface area contributed by atoms with Gasteiger partial charge in [0.1, 0.15) is 5.69 Å². The SMILES string of the molecule is C.C.O=C(O)c1ccc2ccccc2n1.O=C([OH2+])c1ccc2ccccc2n1.O=C([OH2+])c1ccc2ccccc2n1.[Cu]. The van der Waals surface area contributed by atoms with Gasteiger partial charge in [0, 0.05) is 42.8 Å². The first-order chi connectivity index (χ1) is 18.8. The van der Waals surface area contributed by atoms with Crippen molar-refractivity contribution in [2.24, 2.45) is 0 Å². The topological polar surface area (TPSA) is 156 Å². The third kappa shape index (κ3) is 8.92. The molecule has 0 fully saturated rings. The van der Waals surface area contributed by atoms with Crippen LogP contribution in [0.1, 0.15) is 46.3 Å². The molecule has 0 saturated carbocycles. The van der Waals surface area contributed by atoms with Gasteiger partial charge in [-0.25, -0.2) is 19.7 Å². The summed E-state index contributed by atoms with van der Waals surface area (Å²) >= 11 is 0. The minimum absolute atomic E-state index is 0. The summed E-state index contributed by atoms with van der Waals surface area (Å²) in [4.78, 5) is 44.0. The first-order valence-corrected chi connectivity index (χ1v) is 11.6. The number of aromatic nitrogens is 3. The average molecular weight is 617 g/mol. The molecule has 219 valence electrons. The Kier molecular flexibility index (Phi) is 13.4. The van der Waals surface area contributed by atoms with Crippen LogP contribution in [-0.2, 0) is 17.1 Å². The van der Waals surface area contributed by atoms with Crippen molar-refractivity contribution in [1.29, 1.82) is 0 Å². The van der Waals surface area contributed by atoms with E-state index in [1.807, 2.05) is 66.7 Å². The van der Waals surface area contributed by atoms with Gasteiger partial charge in [-0.3, -0.25) is 0 Å². The van der Waals surface area contributed by atoms with E-state index in [-0.39, 0.29) is 49.0 Å². The number of hydrogen-bond donors (Lipinski definition) is 1. The molecule has 6 aromatic rings. The van der Waals surface area contributed by atoms with Gasteiger partial charge in [0.05, 0.1) is 16.6 Å². The van der Waals surface area contributed by atoms with Gasteiger partial charge in [-0.15, -0.1) is 0 Å². The summed E-state index contributed by atoms with van der Waals surface area (Å²) in [5, 5.41) is 25.4. The fourth-order valence-electron chi connectivity index (χ4n) is 3.57. The molecular weight excluding hydrogens is 586 g/mol. The number of pyridine rings is 3. The second kappa shape index (κ2) is 16.2. The first kappa shape index (κ1) is 34.8. The fraction of sp³-hybridized carbons (Fsp3) is 0.0625. The summed E-state index contributed by atoms with van der Waals surface area (Å²) in [5.74, 6) is -2.48. The third-order valence-corrected chi connectivity index (χ3v) is 5.48. The Morgan fingerprint density at radius 3 is 1.07 bits per heavy atom. The van der Waals surface area contributed by atoms with Gasteiger partial charge < -0.3 is 15.3 Å².